The van der Waals surface area contributed by atoms with Crippen LogP contribution < -0.4 is 5.32 Å². The van der Waals surface area contributed by atoms with Gasteiger partial charge in [0.25, 0.3) is 11.8 Å². The highest BCUT2D eigenvalue weighted by molar-refractivity contribution is 9.10. The van der Waals surface area contributed by atoms with Gasteiger partial charge in [-0.05, 0) is 58.8 Å². The van der Waals surface area contributed by atoms with E-state index in [2.05, 4.69) is 21.2 Å². The van der Waals surface area contributed by atoms with Crippen LogP contribution in [0.5, 0.6) is 0 Å². The van der Waals surface area contributed by atoms with E-state index in [0.29, 0.717) is 26.1 Å². The zero-order chi connectivity index (χ0) is 18.0. The molecule has 5 nitrogen and oxygen atoms in total. The molecule has 1 aromatic carbocycles. The molecule has 2 aromatic rings. The highest BCUT2D eigenvalue weighted by atomic mass is 79.9. The third kappa shape index (κ3) is 4.02. The van der Waals surface area contributed by atoms with E-state index < -0.39 is 0 Å². The lowest BCUT2D eigenvalue weighted by molar-refractivity contribution is -0.121. The fourth-order valence-electron chi connectivity index (χ4n) is 2.22. The molecule has 0 atom stereocenters. The molecule has 1 N–H and O–H groups in total. The van der Waals surface area contributed by atoms with Crippen molar-refractivity contribution in [2.24, 2.45) is 0 Å². The molecule has 0 bridgehead atoms. The first-order chi connectivity index (χ1) is 12.0. The number of carbonyl (C=O) groups excluding carboxylic acids is 2. The summed E-state index contributed by atoms with van der Waals surface area (Å²) in [6.45, 7) is 2.46. The highest BCUT2D eigenvalue weighted by Gasteiger charge is 2.30. The van der Waals surface area contributed by atoms with E-state index in [1.165, 1.54) is 11.8 Å². The van der Waals surface area contributed by atoms with Gasteiger partial charge in [0.05, 0.1) is 4.91 Å². The van der Waals surface area contributed by atoms with Gasteiger partial charge in [-0.2, -0.15) is 0 Å². The molecule has 1 saturated heterocycles. The van der Waals surface area contributed by atoms with Crippen molar-refractivity contribution in [2.45, 2.75) is 6.92 Å². The van der Waals surface area contributed by atoms with Gasteiger partial charge < -0.3 is 9.73 Å². The van der Waals surface area contributed by atoms with E-state index in [9.17, 15) is 9.59 Å². The van der Waals surface area contributed by atoms with Crippen LogP contribution in [0.25, 0.3) is 6.08 Å². The minimum atomic E-state index is -0.331. The molecule has 2 heterocycles. The Kier molecular flexibility index (Phi) is 5.41. The molecule has 1 aromatic heterocycles. The van der Waals surface area contributed by atoms with Gasteiger partial charge in [-0.1, -0.05) is 36.1 Å². The molecule has 1 fully saturated rings. The van der Waals surface area contributed by atoms with Gasteiger partial charge in [0, 0.05) is 12.2 Å². The quantitative estimate of drug-likeness (QED) is 0.563. The first-order valence-corrected chi connectivity index (χ1v) is 9.42. The fourth-order valence-corrected chi connectivity index (χ4v) is 3.91. The third-order valence-corrected chi connectivity index (χ3v) is 5.26. The summed E-state index contributed by atoms with van der Waals surface area (Å²) in [7, 11) is 0. The topological polar surface area (TPSA) is 62.6 Å². The Morgan fingerprint density at radius 1 is 1.32 bits per heavy atom. The van der Waals surface area contributed by atoms with Crippen molar-refractivity contribution in [2.75, 3.05) is 11.9 Å². The first kappa shape index (κ1) is 17.9. The molecule has 0 aliphatic carbocycles. The Labute approximate surface area is 162 Å². The number of nitrogens with zero attached hydrogens (tertiary/aromatic N) is 1. The SMILES string of the molecule is CCN1C(=O)/C(=C\c2ccc(NC(=O)c3ccc(Br)o3)cc2)SC1=S. The molecular weight excluding hydrogens is 424 g/mol. The number of nitrogens with one attached hydrogen (secondary N) is 1. The summed E-state index contributed by atoms with van der Waals surface area (Å²) in [4.78, 5) is 26.4. The summed E-state index contributed by atoms with van der Waals surface area (Å²) in [6.07, 6.45) is 1.80. The van der Waals surface area contributed by atoms with Crippen molar-refractivity contribution < 1.29 is 14.0 Å². The largest absolute Gasteiger partial charge is 0.444 e. The van der Waals surface area contributed by atoms with Crippen LogP contribution in [0, 0.1) is 0 Å². The molecule has 0 unspecified atom stereocenters. The molecule has 3 rings (SSSR count). The predicted octanol–water partition coefficient (Wildman–Crippen LogP) is 4.52. The maximum atomic E-state index is 12.2. The number of carbonyl (C=O) groups is 2. The Balaban J connectivity index is 1.70. The second-order valence-electron chi connectivity index (χ2n) is 5.11. The van der Waals surface area contributed by atoms with E-state index in [-0.39, 0.29) is 17.6 Å². The molecular formula is C17H13BrN2O3S2. The van der Waals surface area contributed by atoms with Gasteiger partial charge in [-0.25, -0.2) is 0 Å². The smallest absolute Gasteiger partial charge is 0.291 e. The minimum absolute atomic E-state index is 0.0710. The maximum Gasteiger partial charge on any atom is 0.291 e. The Morgan fingerprint density at radius 3 is 2.60 bits per heavy atom. The van der Waals surface area contributed by atoms with Crippen LogP contribution in [-0.2, 0) is 4.79 Å². The van der Waals surface area contributed by atoms with Crippen molar-refractivity contribution in [3.63, 3.8) is 0 Å². The van der Waals surface area contributed by atoms with Crippen molar-refractivity contribution in [1.82, 2.24) is 4.90 Å². The lowest BCUT2D eigenvalue weighted by Crippen LogP contribution is -2.27. The van der Waals surface area contributed by atoms with Gasteiger partial charge in [0.15, 0.2) is 10.4 Å². The summed E-state index contributed by atoms with van der Waals surface area (Å²) in [5, 5.41) is 2.75. The number of benzene rings is 1. The standard InChI is InChI=1S/C17H13BrN2O3S2/c1-2-20-16(22)13(25-17(20)24)9-10-3-5-11(6-4-10)19-15(21)12-7-8-14(18)23-12/h3-9H,2H2,1H3,(H,19,21)/b13-9+. The molecule has 0 saturated carbocycles. The van der Waals surface area contributed by atoms with Gasteiger partial charge in [0.1, 0.15) is 4.32 Å². The number of likely N-dealkylation sites (N-methyl/N-ethyl adjacent to an activating group) is 1. The van der Waals surface area contributed by atoms with Crippen LogP contribution >= 0.6 is 39.9 Å². The maximum absolute atomic E-state index is 12.2. The number of rotatable bonds is 4. The summed E-state index contributed by atoms with van der Waals surface area (Å²) in [6, 6.07) is 10.4. The van der Waals surface area contributed by atoms with Crippen molar-refractivity contribution in [3.8, 4) is 0 Å². The van der Waals surface area contributed by atoms with Gasteiger partial charge in [0.2, 0.25) is 0 Å². The number of anilines is 1. The van der Waals surface area contributed by atoms with E-state index in [1.54, 1.807) is 35.2 Å². The summed E-state index contributed by atoms with van der Waals surface area (Å²) in [5.41, 5.74) is 1.49. The average Bonchev–Trinajstić information content (AvgIpc) is 3.13. The van der Waals surface area contributed by atoms with Gasteiger partial charge in [-0.15, -0.1) is 0 Å². The molecule has 0 spiro atoms. The lowest BCUT2D eigenvalue weighted by Gasteiger charge is -2.09. The molecule has 25 heavy (non-hydrogen) atoms. The number of hydrogen-bond acceptors (Lipinski definition) is 5. The Bertz CT molecular complexity index is 874. The summed E-state index contributed by atoms with van der Waals surface area (Å²) < 4.78 is 6.28. The summed E-state index contributed by atoms with van der Waals surface area (Å²) >= 11 is 9.65. The zero-order valence-corrected chi connectivity index (χ0v) is 16.3. The normalized spacial score (nSPS) is 15.9. The molecule has 1 aliphatic heterocycles. The molecule has 2 amide bonds. The van der Waals surface area contributed by atoms with Crippen molar-refractivity contribution in [1.29, 1.82) is 0 Å². The molecule has 128 valence electrons. The summed E-state index contributed by atoms with van der Waals surface area (Å²) in [5.74, 6) is -0.181. The highest BCUT2D eigenvalue weighted by Crippen LogP contribution is 2.32. The number of thioether (sulfide) groups is 1. The molecule has 0 radical (unpaired) electrons. The molecule has 1 aliphatic rings. The lowest BCUT2D eigenvalue weighted by atomic mass is 10.2. The Morgan fingerprint density at radius 2 is 2.04 bits per heavy atom. The van der Waals surface area contributed by atoms with Crippen LogP contribution in [0.4, 0.5) is 5.69 Å². The number of hydrogen-bond donors (Lipinski definition) is 1. The molecule has 8 heteroatoms. The van der Waals surface area contributed by atoms with Gasteiger partial charge in [-0.3, -0.25) is 14.5 Å². The van der Waals surface area contributed by atoms with Crippen LogP contribution in [-0.4, -0.2) is 27.6 Å². The number of amides is 2. The van der Waals surface area contributed by atoms with Crippen molar-refractivity contribution >= 4 is 67.8 Å². The average molecular weight is 437 g/mol. The first-order valence-electron chi connectivity index (χ1n) is 7.40. The second-order valence-corrected chi connectivity index (χ2v) is 7.56. The van der Waals surface area contributed by atoms with Gasteiger partial charge >= 0.3 is 0 Å². The van der Waals surface area contributed by atoms with Crippen LogP contribution in [0.1, 0.15) is 23.0 Å². The Hall–Kier alpha value is -1.90. The number of thiocarbonyl (C=S) groups is 1. The second kappa shape index (κ2) is 7.55. The predicted molar refractivity (Wildman–Crippen MR) is 106 cm³/mol. The monoisotopic (exact) mass is 436 g/mol. The minimum Gasteiger partial charge on any atom is -0.444 e. The van der Waals surface area contributed by atoms with Crippen LogP contribution in [0.2, 0.25) is 0 Å². The number of furan rings is 1. The van der Waals surface area contributed by atoms with E-state index >= 15 is 0 Å². The fraction of sp³-hybridized carbons (Fsp3) is 0.118. The number of halogens is 1. The van der Waals surface area contributed by atoms with Crippen molar-refractivity contribution in [3.05, 3.63) is 57.3 Å². The van der Waals surface area contributed by atoms with E-state index in [4.69, 9.17) is 16.6 Å². The van der Waals surface area contributed by atoms with Crippen LogP contribution in [0.15, 0.2) is 50.4 Å². The third-order valence-electron chi connectivity index (χ3n) is 3.45. The van der Waals surface area contributed by atoms with E-state index in [1.807, 2.05) is 19.1 Å². The van der Waals surface area contributed by atoms with Crippen LogP contribution in [0.3, 0.4) is 0 Å². The van der Waals surface area contributed by atoms with E-state index in [0.717, 1.165) is 5.56 Å². The zero-order valence-electron chi connectivity index (χ0n) is 13.1.